The molecule has 2 aromatic rings. The van der Waals surface area contributed by atoms with Gasteiger partial charge in [0.25, 0.3) is 11.8 Å². The number of thiazole rings is 1. The lowest BCUT2D eigenvalue weighted by Gasteiger charge is -2.19. The zero-order chi connectivity index (χ0) is 19.8. The molecule has 0 radical (unpaired) electrons. The van der Waals surface area contributed by atoms with Crippen LogP contribution in [0.1, 0.15) is 27.7 Å². The summed E-state index contributed by atoms with van der Waals surface area (Å²) < 4.78 is 0. The lowest BCUT2D eigenvalue weighted by molar-refractivity contribution is -0.131. The van der Waals surface area contributed by atoms with Crippen LogP contribution in [0.3, 0.4) is 0 Å². The van der Waals surface area contributed by atoms with E-state index in [1.54, 1.807) is 37.4 Å². The van der Waals surface area contributed by atoms with Crippen molar-refractivity contribution in [2.45, 2.75) is 19.0 Å². The van der Waals surface area contributed by atoms with E-state index in [-0.39, 0.29) is 0 Å². The largest absolute Gasteiger partial charge is 0.375 e. The van der Waals surface area contributed by atoms with Gasteiger partial charge in [0, 0.05) is 17.2 Å². The molecule has 2 amide bonds. The van der Waals surface area contributed by atoms with E-state index >= 15 is 0 Å². The number of nitrogens with zero attached hydrogens (tertiary/aromatic N) is 1. The molecule has 0 saturated carbocycles. The van der Waals surface area contributed by atoms with E-state index in [0.29, 0.717) is 16.3 Å². The third-order valence-electron chi connectivity index (χ3n) is 3.33. The monoisotopic (exact) mass is 383 g/mol. The van der Waals surface area contributed by atoms with Gasteiger partial charge >= 0.3 is 0 Å². The molecular formula is C18H17N5O3S. The Morgan fingerprint density at radius 2 is 1.89 bits per heavy atom. The van der Waals surface area contributed by atoms with Crippen molar-refractivity contribution in [1.82, 2.24) is 15.8 Å². The zero-order valence-electron chi connectivity index (χ0n) is 14.3. The number of nitrogen functional groups attached to an aromatic ring is 1. The average molecular weight is 383 g/mol. The number of nitrogens with one attached hydrogen (secondary N) is 2. The number of nitrogens with two attached hydrogens (primary N) is 2. The highest BCUT2D eigenvalue weighted by Crippen LogP contribution is 2.12. The van der Waals surface area contributed by atoms with Crippen LogP contribution in [0, 0.1) is 23.7 Å². The molecule has 0 bridgehead atoms. The van der Waals surface area contributed by atoms with Gasteiger partial charge in [-0.3, -0.25) is 14.8 Å². The summed E-state index contributed by atoms with van der Waals surface area (Å²) in [7, 11) is 0. The van der Waals surface area contributed by atoms with Crippen LogP contribution < -0.4 is 22.3 Å². The van der Waals surface area contributed by atoms with Crippen LogP contribution in [-0.4, -0.2) is 34.1 Å². The summed E-state index contributed by atoms with van der Waals surface area (Å²) in [6, 6.07) is 4.69. The molecule has 1 aromatic carbocycles. The molecule has 2 atom stereocenters. The molecule has 8 nitrogen and oxygen atoms in total. The third kappa shape index (κ3) is 5.83. The van der Waals surface area contributed by atoms with Crippen LogP contribution in [0.4, 0.5) is 5.13 Å². The van der Waals surface area contributed by atoms with Crippen LogP contribution in [0.5, 0.6) is 0 Å². The summed E-state index contributed by atoms with van der Waals surface area (Å²) in [5.41, 5.74) is 13.6. The molecule has 0 saturated heterocycles. The van der Waals surface area contributed by atoms with Gasteiger partial charge < -0.3 is 16.8 Å². The van der Waals surface area contributed by atoms with E-state index in [9.17, 15) is 9.59 Å². The van der Waals surface area contributed by atoms with Gasteiger partial charge in [0.2, 0.25) is 0 Å². The molecule has 138 valence electrons. The van der Waals surface area contributed by atoms with Gasteiger partial charge in [0.15, 0.2) is 5.13 Å². The Kier molecular flexibility index (Phi) is 6.92. The first kappa shape index (κ1) is 19.9. The van der Waals surface area contributed by atoms with Crippen molar-refractivity contribution in [3.05, 3.63) is 46.5 Å². The van der Waals surface area contributed by atoms with E-state index < -0.39 is 23.9 Å². The number of rotatable bonds is 4. The van der Waals surface area contributed by atoms with Crippen molar-refractivity contribution in [3.8, 4) is 23.7 Å². The Morgan fingerprint density at radius 1 is 1.22 bits per heavy atom. The van der Waals surface area contributed by atoms with Crippen molar-refractivity contribution in [2.24, 2.45) is 5.73 Å². The maximum atomic E-state index is 12.2. The Morgan fingerprint density at radius 3 is 2.44 bits per heavy atom. The fourth-order valence-corrected chi connectivity index (χ4v) is 2.51. The molecule has 1 heterocycles. The van der Waals surface area contributed by atoms with Gasteiger partial charge in [0.05, 0.1) is 11.1 Å². The third-order valence-corrected chi connectivity index (χ3v) is 4.07. The highest BCUT2D eigenvalue weighted by Gasteiger charge is 2.24. The maximum absolute atomic E-state index is 12.2. The molecule has 0 unspecified atom stereocenters. The van der Waals surface area contributed by atoms with Crippen LogP contribution in [-0.2, 0) is 4.79 Å². The number of hydrogen-bond donors (Lipinski definition) is 5. The second-order valence-corrected chi connectivity index (χ2v) is 6.49. The van der Waals surface area contributed by atoms with Crippen molar-refractivity contribution < 1.29 is 14.8 Å². The van der Waals surface area contributed by atoms with Crippen molar-refractivity contribution >= 4 is 28.3 Å². The van der Waals surface area contributed by atoms with E-state index in [1.807, 2.05) is 0 Å². The highest BCUT2D eigenvalue weighted by atomic mass is 32.1. The molecule has 9 heteroatoms. The smallest absolute Gasteiger partial charge is 0.267 e. The molecule has 27 heavy (non-hydrogen) atoms. The van der Waals surface area contributed by atoms with Gasteiger partial charge in [0.1, 0.15) is 6.04 Å². The summed E-state index contributed by atoms with van der Waals surface area (Å²) in [5.74, 6) is 9.81. The summed E-state index contributed by atoms with van der Waals surface area (Å²) in [6.07, 6.45) is 1.58. The number of anilines is 1. The minimum Gasteiger partial charge on any atom is -0.375 e. The van der Waals surface area contributed by atoms with Gasteiger partial charge in [-0.25, -0.2) is 10.5 Å². The van der Waals surface area contributed by atoms with Gasteiger partial charge in [-0.05, 0) is 49.0 Å². The van der Waals surface area contributed by atoms with Crippen LogP contribution in [0.2, 0.25) is 0 Å². The zero-order valence-corrected chi connectivity index (χ0v) is 15.1. The maximum Gasteiger partial charge on any atom is 0.267 e. The van der Waals surface area contributed by atoms with Crippen LogP contribution >= 0.6 is 11.3 Å². The highest BCUT2D eigenvalue weighted by molar-refractivity contribution is 7.15. The molecule has 0 aliphatic heterocycles. The summed E-state index contributed by atoms with van der Waals surface area (Å²) in [6.45, 7) is 1.54. The molecule has 0 aliphatic rings. The van der Waals surface area contributed by atoms with Crippen molar-refractivity contribution in [2.75, 3.05) is 5.73 Å². The van der Waals surface area contributed by atoms with Gasteiger partial charge in [-0.15, -0.1) is 0 Å². The molecule has 7 N–H and O–H groups in total. The van der Waals surface area contributed by atoms with Crippen LogP contribution in [0.15, 0.2) is 30.5 Å². The van der Waals surface area contributed by atoms with Crippen molar-refractivity contribution in [1.29, 1.82) is 0 Å². The summed E-state index contributed by atoms with van der Waals surface area (Å²) >= 11 is 1.28. The Hall–Kier alpha value is -3.37. The first-order valence-corrected chi connectivity index (χ1v) is 8.56. The molecular weight excluding hydrogens is 366 g/mol. The van der Waals surface area contributed by atoms with Gasteiger partial charge in [-0.2, -0.15) is 0 Å². The first-order chi connectivity index (χ1) is 12.9. The Labute approximate surface area is 159 Å². The minimum atomic E-state index is -1.06. The number of hydrogen-bond acceptors (Lipinski definition) is 7. The molecule has 0 aliphatic carbocycles. The predicted molar refractivity (Wildman–Crippen MR) is 102 cm³/mol. The fraction of sp³-hybridized carbons (Fsp3) is 0.167. The molecule has 1 aromatic heterocycles. The van der Waals surface area contributed by atoms with Crippen molar-refractivity contribution in [3.63, 3.8) is 0 Å². The van der Waals surface area contributed by atoms with E-state index in [1.165, 1.54) is 16.8 Å². The van der Waals surface area contributed by atoms with E-state index in [4.69, 9.17) is 16.7 Å². The number of carbonyl (C=O) groups is 2. The van der Waals surface area contributed by atoms with E-state index in [2.05, 4.69) is 34.0 Å². The average Bonchev–Trinajstić information content (AvgIpc) is 3.08. The van der Waals surface area contributed by atoms with Crippen LogP contribution in [0.25, 0.3) is 0 Å². The van der Waals surface area contributed by atoms with E-state index in [0.717, 1.165) is 4.88 Å². The SMILES string of the molecule is C[C@@H](N)[C@H](NC(=O)c1ccc(C#CC#Cc2cnc(N)s2)cc1)C(=O)NO. The number of aromatic nitrogens is 1. The standard InChI is InChI=1S/C18H17N5O3S/c1-11(19)15(17(25)23-26)22-16(24)13-8-6-12(7-9-13)4-2-3-5-14-10-21-18(20)27-14/h6-11,15,26H,19H2,1H3,(H2,20,21)(H,22,24)(H,23,25)/t11-,15+/m1/s1. The summed E-state index contributed by atoms with van der Waals surface area (Å²) in [4.78, 5) is 28.4. The van der Waals surface area contributed by atoms with Gasteiger partial charge in [-0.1, -0.05) is 17.3 Å². The minimum absolute atomic E-state index is 0.322. The quantitative estimate of drug-likeness (QED) is 0.287. The topological polar surface area (TPSA) is 143 Å². The second-order valence-electron chi connectivity index (χ2n) is 5.43. The number of benzene rings is 1. The Balaban J connectivity index is 2.02. The fourth-order valence-electron chi connectivity index (χ4n) is 1.98. The number of hydroxylamine groups is 1. The second kappa shape index (κ2) is 9.36. The normalized spacial score (nSPS) is 11.8. The molecule has 0 spiro atoms. The number of amides is 2. The predicted octanol–water partition coefficient (Wildman–Crippen LogP) is 0.0795. The lowest BCUT2D eigenvalue weighted by atomic mass is 10.1. The summed E-state index contributed by atoms with van der Waals surface area (Å²) in [5, 5.41) is 11.6. The lowest BCUT2D eigenvalue weighted by Crippen LogP contribution is -2.54. The first-order valence-electron chi connectivity index (χ1n) is 7.74. The molecule has 2 rings (SSSR count). The number of carbonyl (C=O) groups excluding carboxylic acids is 2. The molecule has 0 fully saturated rings. The Bertz CT molecular complexity index is 945.